The Hall–Kier alpha value is -1.61. The lowest BCUT2D eigenvalue weighted by atomic mass is 9.79. The lowest BCUT2D eigenvalue weighted by Gasteiger charge is -2.28. The molecule has 1 aliphatic rings. The second kappa shape index (κ2) is 4.58. The van der Waals surface area contributed by atoms with Crippen LogP contribution in [0.25, 0.3) is 5.69 Å². The average molecular weight is 241 g/mol. The number of imidazole rings is 1. The van der Waals surface area contributed by atoms with Crippen LogP contribution in [0.15, 0.2) is 43.0 Å². The Bertz CT molecular complexity index is 493. The Labute approximate surface area is 108 Å². The summed E-state index contributed by atoms with van der Waals surface area (Å²) in [6.07, 6.45) is 10.7. The van der Waals surface area contributed by atoms with Crippen molar-refractivity contribution < 1.29 is 0 Å². The zero-order valence-corrected chi connectivity index (χ0v) is 10.5. The van der Waals surface area contributed by atoms with Crippen LogP contribution in [0.5, 0.6) is 0 Å². The summed E-state index contributed by atoms with van der Waals surface area (Å²) < 4.78 is 2.02. The number of aromatic nitrogens is 2. The molecule has 3 heteroatoms. The van der Waals surface area contributed by atoms with Crippen LogP contribution in [0.4, 0.5) is 0 Å². The summed E-state index contributed by atoms with van der Waals surface area (Å²) in [5.74, 6) is 0. The molecule has 0 unspecified atom stereocenters. The Morgan fingerprint density at radius 1 is 1.17 bits per heavy atom. The minimum atomic E-state index is 0.230. The zero-order chi connectivity index (χ0) is 12.4. The minimum absolute atomic E-state index is 0.230. The molecule has 0 amide bonds. The topological polar surface area (TPSA) is 43.8 Å². The van der Waals surface area contributed by atoms with Crippen molar-refractivity contribution in [3.8, 4) is 5.69 Å². The highest BCUT2D eigenvalue weighted by Crippen LogP contribution is 2.40. The first-order valence-corrected chi connectivity index (χ1v) is 6.63. The van der Waals surface area contributed by atoms with Crippen molar-refractivity contribution >= 4 is 0 Å². The molecule has 0 bridgehead atoms. The first kappa shape index (κ1) is 11.5. The summed E-state index contributed by atoms with van der Waals surface area (Å²) in [5.41, 5.74) is 8.80. The fourth-order valence-corrected chi connectivity index (χ4v) is 3.06. The Kier molecular flexibility index (Phi) is 2.92. The number of hydrogen-bond donors (Lipinski definition) is 1. The van der Waals surface area contributed by atoms with Gasteiger partial charge in [0, 0.05) is 30.0 Å². The van der Waals surface area contributed by atoms with Crippen LogP contribution >= 0.6 is 0 Å². The van der Waals surface area contributed by atoms with E-state index < -0.39 is 0 Å². The van der Waals surface area contributed by atoms with Crippen LogP contribution in [0, 0.1) is 0 Å². The zero-order valence-electron chi connectivity index (χ0n) is 10.5. The molecule has 1 aromatic heterocycles. The number of nitrogens with two attached hydrogens (primary N) is 1. The van der Waals surface area contributed by atoms with Crippen molar-refractivity contribution in [1.82, 2.24) is 9.55 Å². The molecule has 3 rings (SSSR count). The van der Waals surface area contributed by atoms with E-state index in [1.165, 1.54) is 31.2 Å². The van der Waals surface area contributed by atoms with E-state index in [2.05, 4.69) is 29.2 Å². The van der Waals surface area contributed by atoms with Gasteiger partial charge in [0.2, 0.25) is 0 Å². The quantitative estimate of drug-likeness (QED) is 0.897. The molecule has 0 atom stereocenters. The van der Waals surface area contributed by atoms with Gasteiger partial charge in [0.15, 0.2) is 0 Å². The summed E-state index contributed by atoms with van der Waals surface area (Å²) >= 11 is 0. The van der Waals surface area contributed by atoms with Gasteiger partial charge in [0.25, 0.3) is 0 Å². The van der Waals surface area contributed by atoms with E-state index in [9.17, 15) is 0 Å². The fraction of sp³-hybridized carbons (Fsp3) is 0.400. The molecule has 0 radical (unpaired) electrons. The molecule has 2 aromatic rings. The Balaban J connectivity index is 1.91. The molecule has 1 heterocycles. The maximum atomic E-state index is 6.02. The van der Waals surface area contributed by atoms with Gasteiger partial charge in [-0.1, -0.05) is 25.0 Å². The predicted octanol–water partition coefficient (Wildman–Crippen LogP) is 2.64. The summed E-state index contributed by atoms with van der Waals surface area (Å²) in [5, 5.41) is 0. The van der Waals surface area contributed by atoms with Crippen molar-refractivity contribution in [2.75, 3.05) is 6.54 Å². The molecule has 1 saturated carbocycles. The van der Waals surface area contributed by atoms with Gasteiger partial charge in [-0.25, -0.2) is 4.98 Å². The minimum Gasteiger partial charge on any atom is -0.330 e. The highest BCUT2D eigenvalue weighted by Gasteiger charge is 2.33. The van der Waals surface area contributed by atoms with E-state index >= 15 is 0 Å². The van der Waals surface area contributed by atoms with E-state index in [0.717, 1.165) is 12.2 Å². The van der Waals surface area contributed by atoms with Crippen LogP contribution in [0.1, 0.15) is 31.2 Å². The van der Waals surface area contributed by atoms with Gasteiger partial charge < -0.3 is 10.3 Å². The monoisotopic (exact) mass is 241 g/mol. The highest BCUT2D eigenvalue weighted by atomic mass is 15.0. The highest BCUT2D eigenvalue weighted by molar-refractivity contribution is 5.38. The van der Waals surface area contributed by atoms with Crippen molar-refractivity contribution in [3.05, 3.63) is 48.5 Å². The molecule has 1 aliphatic carbocycles. The Morgan fingerprint density at radius 2 is 1.89 bits per heavy atom. The predicted molar refractivity (Wildman–Crippen MR) is 72.8 cm³/mol. The van der Waals surface area contributed by atoms with Crippen molar-refractivity contribution in [1.29, 1.82) is 0 Å². The van der Waals surface area contributed by atoms with Crippen molar-refractivity contribution in [3.63, 3.8) is 0 Å². The molecule has 0 aliphatic heterocycles. The molecule has 1 aromatic carbocycles. The molecule has 0 saturated heterocycles. The third kappa shape index (κ3) is 1.85. The maximum absolute atomic E-state index is 6.02. The lowest BCUT2D eigenvalue weighted by Crippen LogP contribution is -2.31. The molecule has 0 spiro atoms. The van der Waals surface area contributed by atoms with Gasteiger partial charge >= 0.3 is 0 Å². The summed E-state index contributed by atoms with van der Waals surface area (Å²) in [7, 11) is 0. The largest absolute Gasteiger partial charge is 0.330 e. The number of benzene rings is 1. The normalized spacial score (nSPS) is 18.1. The van der Waals surface area contributed by atoms with E-state index in [0.29, 0.717) is 0 Å². The molecule has 1 fully saturated rings. The molecule has 18 heavy (non-hydrogen) atoms. The number of hydrogen-bond acceptors (Lipinski definition) is 2. The third-order valence-corrected chi connectivity index (χ3v) is 4.23. The lowest BCUT2D eigenvalue weighted by molar-refractivity contribution is 0.453. The van der Waals surface area contributed by atoms with E-state index in [1.54, 1.807) is 6.20 Å². The smallest absolute Gasteiger partial charge is 0.0991 e. The van der Waals surface area contributed by atoms with Gasteiger partial charge in [0.05, 0.1) is 6.33 Å². The standard InChI is InChI=1S/C15H19N3/c16-11-15(7-1-2-8-15)13-3-5-14(6-4-13)18-10-9-17-12-18/h3-6,9-10,12H,1-2,7-8,11,16H2. The maximum Gasteiger partial charge on any atom is 0.0991 e. The molecular formula is C15H19N3. The number of rotatable bonds is 3. The summed E-state index contributed by atoms with van der Waals surface area (Å²) in [6.45, 7) is 0.761. The molecular weight excluding hydrogens is 222 g/mol. The van der Waals surface area contributed by atoms with Gasteiger partial charge in [-0.3, -0.25) is 0 Å². The second-order valence-electron chi connectivity index (χ2n) is 5.21. The summed E-state index contributed by atoms with van der Waals surface area (Å²) in [6, 6.07) is 8.78. The van der Waals surface area contributed by atoms with E-state index in [1.807, 2.05) is 17.1 Å². The van der Waals surface area contributed by atoms with Gasteiger partial charge in [-0.15, -0.1) is 0 Å². The second-order valence-corrected chi connectivity index (χ2v) is 5.21. The molecule has 2 N–H and O–H groups in total. The van der Waals surface area contributed by atoms with Gasteiger partial charge in [-0.2, -0.15) is 0 Å². The molecule has 94 valence electrons. The van der Waals surface area contributed by atoms with E-state index in [4.69, 9.17) is 5.73 Å². The molecule has 3 nitrogen and oxygen atoms in total. The van der Waals surface area contributed by atoms with Crippen molar-refractivity contribution in [2.24, 2.45) is 5.73 Å². The SMILES string of the molecule is NCC1(c2ccc(-n3ccnc3)cc2)CCCC1. The van der Waals surface area contributed by atoms with Crippen LogP contribution in [0.3, 0.4) is 0 Å². The Morgan fingerprint density at radius 3 is 2.44 bits per heavy atom. The van der Waals surface area contributed by atoms with Crippen LogP contribution in [0.2, 0.25) is 0 Å². The third-order valence-electron chi connectivity index (χ3n) is 4.23. The van der Waals surface area contributed by atoms with Crippen molar-refractivity contribution in [2.45, 2.75) is 31.1 Å². The first-order valence-electron chi connectivity index (χ1n) is 6.63. The van der Waals surface area contributed by atoms with Gasteiger partial charge in [-0.05, 0) is 30.5 Å². The number of nitrogens with zero attached hydrogens (tertiary/aromatic N) is 2. The average Bonchev–Trinajstić information content (AvgIpc) is 3.11. The van der Waals surface area contributed by atoms with Gasteiger partial charge in [0.1, 0.15) is 0 Å². The van der Waals surface area contributed by atoms with Crippen LogP contribution in [-0.2, 0) is 5.41 Å². The summed E-state index contributed by atoms with van der Waals surface area (Å²) in [4.78, 5) is 4.07. The van der Waals surface area contributed by atoms with Crippen LogP contribution < -0.4 is 5.73 Å². The van der Waals surface area contributed by atoms with E-state index in [-0.39, 0.29) is 5.41 Å². The van der Waals surface area contributed by atoms with Crippen LogP contribution in [-0.4, -0.2) is 16.1 Å². The fourth-order valence-electron chi connectivity index (χ4n) is 3.06. The first-order chi connectivity index (χ1) is 8.84.